The van der Waals surface area contributed by atoms with Crippen molar-refractivity contribution >= 4 is 28.6 Å². The van der Waals surface area contributed by atoms with E-state index in [9.17, 15) is 19.5 Å². The minimum atomic E-state index is -0.593. The van der Waals surface area contributed by atoms with E-state index >= 15 is 0 Å². The quantitative estimate of drug-likeness (QED) is 0.468. The van der Waals surface area contributed by atoms with E-state index in [1.807, 2.05) is 6.07 Å². The summed E-state index contributed by atoms with van der Waals surface area (Å²) in [5, 5.41) is 12.5. The lowest BCUT2D eigenvalue weighted by Gasteiger charge is -2.08. The predicted molar refractivity (Wildman–Crippen MR) is 98.8 cm³/mol. The molecule has 8 heteroatoms. The van der Waals surface area contributed by atoms with Crippen LogP contribution in [-0.4, -0.2) is 34.1 Å². The highest BCUT2D eigenvalue weighted by atomic mass is 16.5. The van der Waals surface area contributed by atoms with Crippen LogP contribution < -0.4 is 10.9 Å². The molecule has 27 heavy (non-hydrogen) atoms. The minimum absolute atomic E-state index is 0.00656. The second-order valence-corrected chi connectivity index (χ2v) is 5.80. The molecule has 0 spiro atoms. The van der Waals surface area contributed by atoms with E-state index in [-0.39, 0.29) is 41.1 Å². The molecule has 0 fully saturated rings. The molecule has 0 atom stereocenters. The number of aromatic amines is 1. The van der Waals surface area contributed by atoms with Crippen molar-refractivity contribution in [3.05, 3.63) is 64.1 Å². The van der Waals surface area contributed by atoms with Gasteiger partial charge in [-0.2, -0.15) is 0 Å². The van der Waals surface area contributed by atoms with Gasteiger partial charge in [0.05, 0.1) is 29.4 Å². The molecule has 2 aromatic carbocycles. The summed E-state index contributed by atoms with van der Waals surface area (Å²) < 4.78 is 4.56. The van der Waals surface area contributed by atoms with Crippen molar-refractivity contribution < 1.29 is 19.4 Å². The Morgan fingerprint density at radius 2 is 2.00 bits per heavy atom. The number of phenolic OH excluding ortho intramolecular Hbond substituents is 1. The average Bonchev–Trinajstić information content (AvgIpc) is 2.67. The standard InChI is InChI=1S/C19H17N3O5/c1-27-19(26)11-6-7-14(16(23)10-11)21-17(24)9-8-15-18(25)22-13-5-3-2-4-12(13)20-15/h2-7,10,23H,8-9H2,1H3,(H,21,24)(H,22,25). The van der Waals surface area contributed by atoms with Gasteiger partial charge in [0.15, 0.2) is 0 Å². The van der Waals surface area contributed by atoms with Gasteiger partial charge < -0.3 is 20.1 Å². The molecule has 0 unspecified atom stereocenters. The molecule has 0 bridgehead atoms. The van der Waals surface area contributed by atoms with Gasteiger partial charge in [0, 0.05) is 12.8 Å². The number of carbonyl (C=O) groups excluding carboxylic acids is 2. The first-order chi connectivity index (χ1) is 13.0. The molecule has 1 aromatic heterocycles. The third-order valence-corrected chi connectivity index (χ3v) is 3.95. The fourth-order valence-electron chi connectivity index (χ4n) is 2.56. The van der Waals surface area contributed by atoms with E-state index in [1.165, 1.54) is 25.3 Å². The predicted octanol–water partition coefficient (Wildman–Crippen LogP) is 1.99. The van der Waals surface area contributed by atoms with Crippen LogP contribution in [0.25, 0.3) is 11.0 Å². The number of nitrogens with one attached hydrogen (secondary N) is 2. The number of aromatic hydroxyl groups is 1. The summed E-state index contributed by atoms with van der Waals surface area (Å²) in [5.41, 5.74) is 1.52. The molecule has 0 aliphatic rings. The van der Waals surface area contributed by atoms with Crippen molar-refractivity contribution in [1.29, 1.82) is 0 Å². The molecular weight excluding hydrogens is 350 g/mol. The van der Waals surface area contributed by atoms with E-state index in [2.05, 4.69) is 20.0 Å². The highest BCUT2D eigenvalue weighted by Crippen LogP contribution is 2.24. The van der Waals surface area contributed by atoms with E-state index in [4.69, 9.17) is 0 Å². The number of hydrogen-bond donors (Lipinski definition) is 3. The summed E-state index contributed by atoms with van der Waals surface area (Å²) in [4.78, 5) is 42.6. The lowest BCUT2D eigenvalue weighted by molar-refractivity contribution is -0.116. The molecule has 8 nitrogen and oxygen atoms in total. The molecule has 0 saturated carbocycles. The van der Waals surface area contributed by atoms with Gasteiger partial charge in [-0.15, -0.1) is 0 Å². The van der Waals surface area contributed by atoms with Gasteiger partial charge in [-0.1, -0.05) is 12.1 Å². The lowest BCUT2D eigenvalue weighted by Crippen LogP contribution is -2.19. The Bertz CT molecular complexity index is 1070. The average molecular weight is 367 g/mol. The third-order valence-electron chi connectivity index (χ3n) is 3.95. The van der Waals surface area contributed by atoms with Gasteiger partial charge in [-0.3, -0.25) is 9.59 Å². The molecule has 0 aliphatic heterocycles. The number of H-pyrrole nitrogens is 1. The maximum absolute atomic E-state index is 12.1. The first-order valence-corrected chi connectivity index (χ1v) is 8.17. The van der Waals surface area contributed by atoms with Crippen LogP contribution in [-0.2, 0) is 16.0 Å². The molecule has 138 valence electrons. The maximum atomic E-state index is 12.1. The number of phenols is 1. The number of nitrogens with zero attached hydrogens (tertiary/aromatic N) is 1. The Kier molecular flexibility index (Phi) is 5.16. The minimum Gasteiger partial charge on any atom is -0.506 e. The number of aromatic nitrogens is 2. The summed E-state index contributed by atoms with van der Waals surface area (Å²) in [6, 6.07) is 11.2. The number of rotatable bonds is 5. The number of aryl methyl sites for hydroxylation is 1. The van der Waals surface area contributed by atoms with Crippen molar-refractivity contribution in [1.82, 2.24) is 9.97 Å². The molecule has 0 radical (unpaired) electrons. The number of amides is 1. The number of anilines is 1. The second kappa shape index (κ2) is 7.69. The zero-order chi connectivity index (χ0) is 19.4. The second-order valence-electron chi connectivity index (χ2n) is 5.80. The van der Waals surface area contributed by atoms with Gasteiger partial charge in [0.25, 0.3) is 5.56 Å². The first-order valence-electron chi connectivity index (χ1n) is 8.17. The van der Waals surface area contributed by atoms with Crippen LogP contribution in [0.15, 0.2) is 47.3 Å². The number of carbonyl (C=O) groups is 2. The number of para-hydroxylation sites is 2. The van der Waals surface area contributed by atoms with Crippen molar-refractivity contribution in [3.63, 3.8) is 0 Å². The number of hydrogen-bond acceptors (Lipinski definition) is 6. The van der Waals surface area contributed by atoms with Crippen LogP contribution in [0.2, 0.25) is 0 Å². The Labute approximate surface area is 153 Å². The van der Waals surface area contributed by atoms with Gasteiger partial charge in [-0.25, -0.2) is 9.78 Å². The number of esters is 1. The number of fused-ring (bicyclic) bond motifs is 1. The maximum Gasteiger partial charge on any atom is 0.337 e. The van der Waals surface area contributed by atoms with Gasteiger partial charge in [0.1, 0.15) is 11.4 Å². The monoisotopic (exact) mass is 367 g/mol. The number of methoxy groups -OCH3 is 1. The summed E-state index contributed by atoms with van der Waals surface area (Å²) in [6.45, 7) is 0. The molecular formula is C19H17N3O5. The Hall–Kier alpha value is -3.68. The first kappa shape index (κ1) is 18.1. The summed E-state index contributed by atoms with van der Waals surface area (Å²) in [7, 11) is 1.23. The highest BCUT2D eigenvalue weighted by molar-refractivity contribution is 5.95. The molecule has 0 saturated heterocycles. The fourth-order valence-corrected chi connectivity index (χ4v) is 2.56. The largest absolute Gasteiger partial charge is 0.506 e. The van der Waals surface area contributed by atoms with Crippen molar-refractivity contribution in [3.8, 4) is 5.75 Å². The van der Waals surface area contributed by atoms with Crippen molar-refractivity contribution in [2.75, 3.05) is 12.4 Å². The van der Waals surface area contributed by atoms with Crippen molar-refractivity contribution in [2.45, 2.75) is 12.8 Å². The number of ether oxygens (including phenoxy) is 1. The van der Waals surface area contributed by atoms with Gasteiger partial charge >= 0.3 is 5.97 Å². The third kappa shape index (κ3) is 4.12. The Morgan fingerprint density at radius 3 is 2.74 bits per heavy atom. The molecule has 3 N–H and O–H groups in total. The molecule has 3 aromatic rings. The number of benzene rings is 2. The molecule has 3 rings (SSSR count). The van der Waals surface area contributed by atoms with E-state index in [0.29, 0.717) is 11.0 Å². The Balaban J connectivity index is 1.67. The lowest BCUT2D eigenvalue weighted by atomic mass is 10.1. The zero-order valence-electron chi connectivity index (χ0n) is 14.5. The van der Waals surface area contributed by atoms with Crippen LogP contribution >= 0.6 is 0 Å². The van der Waals surface area contributed by atoms with E-state index in [0.717, 1.165) is 0 Å². The van der Waals surface area contributed by atoms with Crippen LogP contribution in [0.5, 0.6) is 5.75 Å². The van der Waals surface area contributed by atoms with Crippen LogP contribution in [0.3, 0.4) is 0 Å². The van der Waals surface area contributed by atoms with Gasteiger partial charge in [-0.05, 0) is 30.3 Å². The van der Waals surface area contributed by atoms with Crippen LogP contribution in [0.4, 0.5) is 5.69 Å². The highest BCUT2D eigenvalue weighted by Gasteiger charge is 2.13. The topological polar surface area (TPSA) is 121 Å². The molecule has 0 aliphatic carbocycles. The summed E-state index contributed by atoms with van der Waals surface area (Å²) in [6.07, 6.45) is 0.152. The Morgan fingerprint density at radius 1 is 1.22 bits per heavy atom. The van der Waals surface area contributed by atoms with E-state index < -0.39 is 11.9 Å². The van der Waals surface area contributed by atoms with Gasteiger partial charge in [0.2, 0.25) is 5.91 Å². The van der Waals surface area contributed by atoms with Crippen LogP contribution in [0, 0.1) is 0 Å². The molecule has 1 heterocycles. The smallest absolute Gasteiger partial charge is 0.337 e. The summed E-state index contributed by atoms with van der Waals surface area (Å²) >= 11 is 0. The summed E-state index contributed by atoms with van der Waals surface area (Å²) in [5.74, 6) is -1.25. The van der Waals surface area contributed by atoms with E-state index in [1.54, 1.807) is 18.2 Å². The normalized spacial score (nSPS) is 10.6. The van der Waals surface area contributed by atoms with Crippen molar-refractivity contribution in [2.24, 2.45) is 0 Å². The zero-order valence-corrected chi connectivity index (χ0v) is 14.5. The molecule has 1 amide bonds. The SMILES string of the molecule is COC(=O)c1ccc(NC(=O)CCc2nc3ccccc3[nH]c2=O)c(O)c1. The van der Waals surface area contributed by atoms with Crippen LogP contribution in [0.1, 0.15) is 22.5 Å². The fraction of sp³-hybridized carbons (Fsp3) is 0.158.